The number of methoxy groups -OCH3 is 1. The van der Waals surface area contributed by atoms with Gasteiger partial charge >= 0.3 is 0 Å². The molecule has 0 saturated heterocycles. The van der Waals surface area contributed by atoms with E-state index >= 15 is 0 Å². The highest BCUT2D eigenvalue weighted by molar-refractivity contribution is 6.04. The first kappa shape index (κ1) is 17.0. The highest BCUT2D eigenvalue weighted by Crippen LogP contribution is 2.26. The molecule has 0 saturated carbocycles. The lowest BCUT2D eigenvalue weighted by molar-refractivity contribution is -0.384. The summed E-state index contributed by atoms with van der Waals surface area (Å²) in [6.07, 6.45) is 2.81. The van der Waals surface area contributed by atoms with E-state index in [2.05, 4.69) is 10.6 Å². The Morgan fingerprint density at radius 2 is 1.88 bits per heavy atom. The summed E-state index contributed by atoms with van der Waals surface area (Å²) in [5, 5.41) is 16.7. The van der Waals surface area contributed by atoms with Crippen molar-refractivity contribution >= 4 is 22.8 Å². The minimum atomic E-state index is -0.475. The molecule has 0 bridgehead atoms. The van der Waals surface area contributed by atoms with Gasteiger partial charge in [0.15, 0.2) is 5.78 Å². The van der Waals surface area contributed by atoms with Gasteiger partial charge in [-0.15, -0.1) is 0 Å². The molecule has 2 aromatic rings. The monoisotopic (exact) mass is 327 g/mol. The number of allylic oxidation sites excluding steroid dienone is 1. The van der Waals surface area contributed by atoms with E-state index in [0.29, 0.717) is 22.7 Å². The van der Waals surface area contributed by atoms with Gasteiger partial charge in [0.05, 0.1) is 23.4 Å². The number of benzene rings is 2. The van der Waals surface area contributed by atoms with Gasteiger partial charge in [-0.05, 0) is 30.3 Å². The van der Waals surface area contributed by atoms with E-state index in [1.54, 1.807) is 44.5 Å². The first-order valence-corrected chi connectivity index (χ1v) is 7.13. The molecular weight excluding hydrogens is 310 g/mol. The molecule has 2 N–H and O–H groups in total. The summed E-state index contributed by atoms with van der Waals surface area (Å²) in [6, 6.07) is 11.1. The predicted octanol–water partition coefficient (Wildman–Crippen LogP) is 3.45. The van der Waals surface area contributed by atoms with E-state index in [0.717, 1.165) is 0 Å². The van der Waals surface area contributed by atoms with Gasteiger partial charge in [0, 0.05) is 37.0 Å². The molecule has 0 unspecified atom stereocenters. The summed E-state index contributed by atoms with van der Waals surface area (Å²) in [5.41, 5.74) is 1.67. The lowest BCUT2D eigenvalue weighted by Gasteiger charge is -2.08. The molecule has 0 aromatic heterocycles. The second kappa shape index (κ2) is 7.77. The highest BCUT2D eigenvalue weighted by Gasteiger charge is 2.09. The van der Waals surface area contributed by atoms with E-state index in [1.165, 1.54) is 24.4 Å². The number of rotatable bonds is 7. The van der Waals surface area contributed by atoms with E-state index in [4.69, 9.17) is 4.74 Å². The number of ether oxygens (including phenoxy) is 1. The van der Waals surface area contributed by atoms with Crippen LogP contribution in [0.5, 0.6) is 5.75 Å². The van der Waals surface area contributed by atoms with Crippen LogP contribution in [0.3, 0.4) is 0 Å². The average molecular weight is 327 g/mol. The van der Waals surface area contributed by atoms with Crippen LogP contribution in [0.4, 0.5) is 17.1 Å². The number of hydrogen-bond acceptors (Lipinski definition) is 6. The summed E-state index contributed by atoms with van der Waals surface area (Å²) in [7, 11) is 3.26. The van der Waals surface area contributed by atoms with E-state index in [-0.39, 0.29) is 11.5 Å². The second-order valence-corrected chi connectivity index (χ2v) is 4.81. The zero-order valence-electron chi connectivity index (χ0n) is 13.3. The van der Waals surface area contributed by atoms with Gasteiger partial charge in [0.2, 0.25) is 0 Å². The molecule has 0 atom stereocenters. The number of carbonyl (C=O) groups is 1. The summed E-state index contributed by atoms with van der Waals surface area (Å²) in [5.74, 6) is 0.477. The van der Waals surface area contributed by atoms with Crippen molar-refractivity contribution in [3.05, 3.63) is 70.4 Å². The van der Waals surface area contributed by atoms with Crippen LogP contribution in [0.2, 0.25) is 0 Å². The Bertz CT molecular complexity index is 770. The zero-order chi connectivity index (χ0) is 17.5. The molecule has 24 heavy (non-hydrogen) atoms. The molecule has 0 aliphatic carbocycles. The molecule has 7 nitrogen and oxygen atoms in total. The number of nitrogens with one attached hydrogen (secondary N) is 2. The van der Waals surface area contributed by atoms with Crippen molar-refractivity contribution in [2.75, 3.05) is 24.8 Å². The number of hydrogen-bond donors (Lipinski definition) is 2. The smallest absolute Gasteiger partial charge is 0.271 e. The Balaban J connectivity index is 2.11. The first-order valence-electron chi connectivity index (χ1n) is 7.13. The second-order valence-electron chi connectivity index (χ2n) is 4.81. The largest absolute Gasteiger partial charge is 0.497 e. The molecule has 2 rings (SSSR count). The molecular formula is C17H17N3O4. The van der Waals surface area contributed by atoms with Gasteiger partial charge in [0.1, 0.15) is 5.75 Å². The van der Waals surface area contributed by atoms with Gasteiger partial charge in [-0.2, -0.15) is 0 Å². The summed E-state index contributed by atoms with van der Waals surface area (Å²) < 4.78 is 5.04. The molecule has 0 spiro atoms. The molecule has 2 aromatic carbocycles. The van der Waals surface area contributed by atoms with Crippen LogP contribution in [-0.4, -0.2) is 24.9 Å². The minimum Gasteiger partial charge on any atom is -0.497 e. The van der Waals surface area contributed by atoms with E-state index in [9.17, 15) is 14.9 Å². The molecule has 124 valence electrons. The molecule has 0 aliphatic heterocycles. The normalized spacial score (nSPS) is 10.4. The molecule has 0 radical (unpaired) electrons. The third kappa shape index (κ3) is 4.10. The Labute approximate surface area is 139 Å². The quantitative estimate of drug-likeness (QED) is 0.350. The van der Waals surface area contributed by atoms with Crippen LogP contribution < -0.4 is 15.4 Å². The van der Waals surface area contributed by atoms with Crippen LogP contribution >= 0.6 is 0 Å². The van der Waals surface area contributed by atoms with Gasteiger partial charge in [-0.3, -0.25) is 14.9 Å². The van der Waals surface area contributed by atoms with Crippen molar-refractivity contribution in [2.24, 2.45) is 0 Å². The van der Waals surface area contributed by atoms with E-state index < -0.39 is 4.92 Å². The summed E-state index contributed by atoms with van der Waals surface area (Å²) in [4.78, 5) is 22.4. The van der Waals surface area contributed by atoms with Crippen molar-refractivity contribution in [1.29, 1.82) is 0 Å². The Kier molecular flexibility index (Phi) is 5.51. The summed E-state index contributed by atoms with van der Waals surface area (Å²) >= 11 is 0. The SMILES string of the molecule is CNc1ccc([N+](=O)[O-])cc1N/C=C/C(=O)c1ccc(OC)cc1. The summed E-state index contributed by atoms with van der Waals surface area (Å²) in [6.45, 7) is 0. The average Bonchev–Trinajstić information content (AvgIpc) is 2.61. The van der Waals surface area contributed by atoms with Crippen LogP contribution in [0.15, 0.2) is 54.7 Å². The van der Waals surface area contributed by atoms with Crippen LogP contribution in [-0.2, 0) is 0 Å². The number of nitrogens with zero attached hydrogens (tertiary/aromatic N) is 1. The van der Waals surface area contributed by atoms with Gasteiger partial charge < -0.3 is 15.4 Å². The molecule has 0 aliphatic rings. The van der Waals surface area contributed by atoms with Crippen molar-refractivity contribution in [2.45, 2.75) is 0 Å². The fourth-order valence-corrected chi connectivity index (χ4v) is 2.04. The Morgan fingerprint density at radius 3 is 2.46 bits per heavy atom. The maximum absolute atomic E-state index is 12.1. The standard InChI is InChI=1S/C17H17N3O4/c1-18-15-8-5-13(20(22)23)11-16(15)19-10-9-17(21)12-3-6-14(24-2)7-4-12/h3-11,18-19H,1-2H3/b10-9+. The first-order chi connectivity index (χ1) is 11.5. The zero-order valence-corrected chi connectivity index (χ0v) is 13.3. The maximum Gasteiger partial charge on any atom is 0.271 e. The minimum absolute atomic E-state index is 0.0358. The number of ketones is 1. The van der Waals surface area contributed by atoms with Crippen molar-refractivity contribution in [3.63, 3.8) is 0 Å². The Hall–Kier alpha value is -3.35. The lowest BCUT2D eigenvalue weighted by atomic mass is 10.1. The number of carbonyl (C=O) groups excluding carboxylic acids is 1. The highest BCUT2D eigenvalue weighted by atomic mass is 16.6. The predicted molar refractivity (Wildman–Crippen MR) is 92.7 cm³/mol. The fourth-order valence-electron chi connectivity index (χ4n) is 2.04. The van der Waals surface area contributed by atoms with Crippen LogP contribution in [0.25, 0.3) is 0 Å². The van der Waals surface area contributed by atoms with Gasteiger partial charge in [0.25, 0.3) is 5.69 Å². The maximum atomic E-state index is 12.1. The third-order valence-corrected chi connectivity index (χ3v) is 3.33. The molecule has 7 heteroatoms. The number of anilines is 2. The van der Waals surface area contributed by atoms with Crippen molar-refractivity contribution < 1.29 is 14.5 Å². The number of non-ortho nitro benzene ring substituents is 1. The Morgan fingerprint density at radius 1 is 1.17 bits per heavy atom. The lowest BCUT2D eigenvalue weighted by Crippen LogP contribution is -2.00. The number of nitro groups is 1. The van der Waals surface area contributed by atoms with Gasteiger partial charge in [-0.1, -0.05) is 0 Å². The molecule has 0 amide bonds. The fraction of sp³-hybridized carbons (Fsp3) is 0.118. The number of nitro benzene ring substituents is 1. The molecule has 0 heterocycles. The van der Waals surface area contributed by atoms with Crippen LogP contribution in [0.1, 0.15) is 10.4 Å². The van der Waals surface area contributed by atoms with Crippen LogP contribution in [0, 0.1) is 10.1 Å². The third-order valence-electron chi connectivity index (χ3n) is 3.33. The topological polar surface area (TPSA) is 93.5 Å². The van der Waals surface area contributed by atoms with Gasteiger partial charge in [-0.25, -0.2) is 0 Å². The van der Waals surface area contributed by atoms with E-state index in [1.807, 2.05) is 0 Å². The van der Waals surface area contributed by atoms with Crippen molar-refractivity contribution in [3.8, 4) is 5.75 Å². The molecule has 0 fully saturated rings. The van der Waals surface area contributed by atoms with Crippen molar-refractivity contribution in [1.82, 2.24) is 0 Å².